The number of aliphatic hydroxyl groups is 1. The quantitative estimate of drug-likeness (QED) is 0.389. The zero-order chi connectivity index (χ0) is 23.1. The number of amides is 1. The number of nitrogens with zero attached hydrogens (tertiary/aromatic N) is 1. The first-order valence-corrected chi connectivity index (χ1v) is 10.4. The number of methoxy groups -OCH3 is 1. The highest BCUT2D eigenvalue weighted by atomic mass is 35.5. The smallest absolute Gasteiger partial charge is 0.281 e. The van der Waals surface area contributed by atoms with Gasteiger partial charge in [-0.15, -0.1) is 0 Å². The zero-order valence-corrected chi connectivity index (χ0v) is 18.8. The number of rotatable bonds is 8. The van der Waals surface area contributed by atoms with E-state index in [0.29, 0.717) is 33.2 Å². The van der Waals surface area contributed by atoms with E-state index in [4.69, 9.17) is 21.1 Å². The van der Waals surface area contributed by atoms with E-state index in [1.54, 1.807) is 60.7 Å². The molecular formula is C25H25ClN2O4. The van der Waals surface area contributed by atoms with E-state index in [9.17, 15) is 9.90 Å². The van der Waals surface area contributed by atoms with E-state index in [0.717, 1.165) is 0 Å². The molecule has 0 spiro atoms. The summed E-state index contributed by atoms with van der Waals surface area (Å²) < 4.78 is 11.1. The van der Waals surface area contributed by atoms with Crippen molar-refractivity contribution in [1.29, 1.82) is 0 Å². The summed E-state index contributed by atoms with van der Waals surface area (Å²) in [5.74, 6) is 0.195. The average Bonchev–Trinajstić information content (AvgIpc) is 2.80. The second-order valence-electron chi connectivity index (χ2n) is 7.34. The van der Waals surface area contributed by atoms with Crippen molar-refractivity contribution in [1.82, 2.24) is 5.43 Å². The molecule has 0 aliphatic heterocycles. The van der Waals surface area contributed by atoms with Gasteiger partial charge in [0.05, 0.1) is 24.5 Å². The molecule has 2 N–H and O–H groups in total. The summed E-state index contributed by atoms with van der Waals surface area (Å²) in [5, 5.41) is 15.8. The number of hydrogen-bond donors (Lipinski definition) is 2. The number of hydrogen-bond acceptors (Lipinski definition) is 5. The minimum absolute atomic E-state index is 0.0751. The van der Waals surface area contributed by atoms with E-state index >= 15 is 0 Å². The molecule has 0 heterocycles. The van der Waals surface area contributed by atoms with Crippen LogP contribution in [0.25, 0.3) is 0 Å². The molecule has 0 bridgehead atoms. The monoisotopic (exact) mass is 452 g/mol. The second kappa shape index (κ2) is 10.3. The Morgan fingerprint density at radius 1 is 1.06 bits per heavy atom. The maximum absolute atomic E-state index is 13.1. The number of carbonyl (C=O) groups excluding carboxylic acids is 1. The molecule has 7 heteroatoms. The molecule has 0 saturated heterocycles. The minimum atomic E-state index is -1.91. The third kappa shape index (κ3) is 5.10. The van der Waals surface area contributed by atoms with Gasteiger partial charge >= 0.3 is 0 Å². The van der Waals surface area contributed by atoms with Crippen LogP contribution in [0, 0.1) is 0 Å². The molecule has 0 saturated carbocycles. The second-order valence-corrected chi connectivity index (χ2v) is 7.75. The van der Waals surface area contributed by atoms with Gasteiger partial charge in [-0.2, -0.15) is 5.10 Å². The molecule has 0 radical (unpaired) electrons. The highest BCUT2D eigenvalue weighted by molar-refractivity contribution is 6.32. The van der Waals surface area contributed by atoms with Gasteiger partial charge in [0.2, 0.25) is 0 Å². The van der Waals surface area contributed by atoms with Crippen molar-refractivity contribution in [2.24, 2.45) is 5.10 Å². The molecule has 0 atom stereocenters. The first kappa shape index (κ1) is 23.3. The van der Waals surface area contributed by atoms with Gasteiger partial charge in [-0.1, -0.05) is 72.3 Å². The summed E-state index contributed by atoms with van der Waals surface area (Å²) in [6, 6.07) is 20.8. The van der Waals surface area contributed by atoms with Crippen molar-refractivity contribution in [3.8, 4) is 11.5 Å². The Kier molecular flexibility index (Phi) is 7.51. The average molecular weight is 453 g/mol. The van der Waals surface area contributed by atoms with Gasteiger partial charge < -0.3 is 14.6 Å². The van der Waals surface area contributed by atoms with Crippen LogP contribution in [-0.4, -0.2) is 30.4 Å². The van der Waals surface area contributed by atoms with Gasteiger partial charge in [-0.05, 0) is 42.7 Å². The SMILES string of the molecule is COc1cc(/C=N/NC(=O)C(O)(c2ccccc2)c2ccccc2)cc(Cl)c1OC(C)C. The lowest BCUT2D eigenvalue weighted by molar-refractivity contribution is -0.136. The maximum atomic E-state index is 13.1. The van der Waals surface area contributed by atoms with Gasteiger partial charge in [0, 0.05) is 0 Å². The molecule has 0 aliphatic rings. The molecule has 32 heavy (non-hydrogen) atoms. The van der Waals surface area contributed by atoms with E-state index in [1.165, 1.54) is 13.3 Å². The van der Waals surface area contributed by atoms with Crippen molar-refractivity contribution in [3.05, 3.63) is 94.5 Å². The Hall–Kier alpha value is -3.35. The summed E-state index contributed by atoms with van der Waals surface area (Å²) in [5.41, 5.74) is 1.97. The van der Waals surface area contributed by atoms with Crippen LogP contribution in [-0.2, 0) is 10.4 Å². The molecule has 0 aliphatic carbocycles. The molecule has 1 amide bonds. The molecule has 166 valence electrons. The van der Waals surface area contributed by atoms with E-state index in [2.05, 4.69) is 10.5 Å². The first-order valence-electron chi connectivity index (χ1n) is 10.1. The molecule has 3 rings (SSSR count). The fraction of sp³-hybridized carbons (Fsp3) is 0.200. The number of benzene rings is 3. The maximum Gasteiger partial charge on any atom is 0.281 e. The molecule has 6 nitrogen and oxygen atoms in total. The van der Waals surface area contributed by atoms with Crippen LogP contribution in [0.15, 0.2) is 77.9 Å². The Morgan fingerprint density at radius 3 is 2.12 bits per heavy atom. The minimum Gasteiger partial charge on any atom is -0.493 e. The Labute approximate surface area is 192 Å². The zero-order valence-electron chi connectivity index (χ0n) is 18.1. The van der Waals surface area contributed by atoms with Gasteiger partial charge in [0.1, 0.15) is 0 Å². The lowest BCUT2D eigenvalue weighted by Gasteiger charge is -2.27. The lowest BCUT2D eigenvalue weighted by Crippen LogP contribution is -2.43. The van der Waals surface area contributed by atoms with Crippen molar-refractivity contribution in [2.45, 2.75) is 25.6 Å². The summed E-state index contributed by atoms with van der Waals surface area (Å²) in [6.45, 7) is 3.78. The van der Waals surface area contributed by atoms with Gasteiger partial charge in [0.25, 0.3) is 5.91 Å². The fourth-order valence-electron chi connectivity index (χ4n) is 3.20. The third-order valence-corrected chi connectivity index (χ3v) is 4.98. The molecule has 0 aromatic heterocycles. The molecule has 3 aromatic carbocycles. The van der Waals surface area contributed by atoms with Crippen LogP contribution in [0.1, 0.15) is 30.5 Å². The predicted molar refractivity (Wildman–Crippen MR) is 125 cm³/mol. The van der Waals surface area contributed by atoms with Crippen LogP contribution in [0.4, 0.5) is 0 Å². The highest BCUT2D eigenvalue weighted by Gasteiger charge is 2.39. The fourth-order valence-corrected chi connectivity index (χ4v) is 3.46. The van der Waals surface area contributed by atoms with Crippen molar-refractivity contribution < 1.29 is 19.4 Å². The molecule has 3 aromatic rings. The van der Waals surface area contributed by atoms with E-state index in [1.807, 2.05) is 26.0 Å². The summed E-state index contributed by atoms with van der Waals surface area (Å²) >= 11 is 6.34. The van der Waals surface area contributed by atoms with Crippen LogP contribution in [0.3, 0.4) is 0 Å². The Bertz CT molecular complexity index is 1050. The van der Waals surface area contributed by atoms with Gasteiger partial charge in [-0.3, -0.25) is 4.79 Å². The summed E-state index contributed by atoms with van der Waals surface area (Å²) in [7, 11) is 1.52. The van der Waals surface area contributed by atoms with Crippen molar-refractivity contribution in [3.63, 3.8) is 0 Å². The largest absolute Gasteiger partial charge is 0.493 e. The number of ether oxygens (including phenoxy) is 2. The summed E-state index contributed by atoms with van der Waals surface area (Å²) in [6.07, 6.45) is 1.34. The summed E-state index contributed by atoms with van der Waals surface area (Å²) in [4.78, 5) is 13.1. The van der Waals surface area contributed by atoms with Crippen LogP contribution in [0.5, 0.6) is 11.5 Å². The normalized spacial score (nSPS) is 11.6. The lowest BCUT2D eigenvalue weighted by atomic mass is 9.85. The van der Waals surface area contributed by atoms with Crippen molar-refractivity contribution >= 4 is 23.7 Å². The number of carbonyl (C=O) groups is 1. The van der Waals surface area contributed by atoms with Gasteiger partial charge in [0.15, 0.2) is 17.1 Å². The number of halogens is 1. The van der Waals surface area contributed by atoms with E-state index < -0.39 is 11.5 Å². The van der Waals surface area contributed by atoms with E-state index in [-0.39, 0.29) is 6.10 Å². The topological polar surface area (TPSA) is 80.2 Å². The predicted octanol–water partition coefficient (Wildman–Crippen LogP) is 4.52. The van der Waals surface area contributed by atoms with Gasteiger partial charge in [-0.25, -0.2) is 5.43 Å². The standard InChI is InChI=1S/C25H25ClN2O4/c1-17(2)32-23-21(26)14-18(15-22(23)31-3)16-27-28-24(29)25(30,19-10-6-4-7-11-19)20-12-8-5-9-13-20/h4-17,30H,1-3H3,(H,28,29)/b27-16+. The Morgan fingerprint density at radius 2 is 1.62 bits per heavy atom. The van der Waals surface area contributed by atoms with Crippen LogP contribution >= 0.6 is 11.6 Å². The van der Waals surface area contributed by atoms with Crippen LogP contribution in [0.2, 0.25) is 5.02 Å². The first-order chi connectivity index (χ1) is 15.4. The molecular weight excluding hydrogens is 428 g/mol. The van der Waals surface area contributed by atoms with Crippen molar-refractivity contribution in [2.75, 3.05) is 7.11 Å². The molecule has 0 unspecified atom stereocenters. The molecule has 0 fully saturated rings. The van der Waals surface area contributed by atoms with Crippen LogP contribution < -0.4 is 14.9 Å². The number of nitrogens with one attached hydrogen (secondary N) is 1. The Balaban J connectivity index is 1.86. The third-order valence-electron chi connectivity index (χ3n) is 4.70. The number of hydrazone groups is 1. The highest BCUT2D eigenvalue weighted by Crippen LogP contribution is 2.36.